The van der Waals surface area contributed by atoms with Crippen molar-refractivity contribution in [1.29, 1.82) is 0 Å². The molecule has 1 fully saturated rings. The van der Waals surface area contributed by atoms with Gasteiger partial charge in [-0.15, -0.1) is 0 Å². The number of hydrogen-bond donors (Lipinski definition) is 0. The van der Waals surface area contributed by atoms with Gasteiger partial charge in [-0.1, -0.05) is 18.2 Å². The molecule has 6 nitrogen and oxygen atoms in total. The minimum absolute atomic E-state index is 0.234. The van der Waals surface area contributed by atoms with E-state index >= 15 is 0 Å². The average molecular weight is 322 g/mol. The second kappa shape index (κ2) is 5.72. The molecule has 0 bridgehead atoms. The van der Waals surface area contributed by atoms with E-state index in [-0.39, 0.29) is 11.7 Å². The van der Waals surface area contributed by atoms with Gasteiger partial charge in [0, 0.05) is 18.7 Å². The first-order chi connectivity index (χ1) is 10.5. The first-order valence-corrected chi connectivity index (χ1v) is 9.00. The Hall–Kier alpha value is -1.89. The molecule has 0 atom stereocenters. The zero-order chi connectivity index (χ0) is 15.7. The van der Waals surface area contributed by atoms with E-state index in [4.69, 9.17) is 0 Å². The second-order valence-electron chi connectivity index (χ2n) is 5.67. The number of carbonyl (C=O) groups is 2. The number of benzene rings is 1. The molecule has 2 aliphatic rings. The number of piperidine rings is 1. The Morgan fingerprint density at radius 2 is 1.77 bits per heavy atom. The van der Waals surface area contributed by atoms with Gasteiger partial charge in [0.25, 0.3) is 5.91 Å². The van der Waals surface area contributed by atoms with Crippen LogP contribution < -0.4 is 0 Å². The fraction of sp³-hybridized carbons (Fsp3) is 0.467. The van der Waals surface area contributed by atoms with Crippen molar-refractivity contribution in [2.75, 3.05) is 19.6 Å². The average Bonchev–Trinajstić information content (AvgIpc) is 2.51. The molecule has 0 unspecified atom stereocenters. The van der Waals surface area contributed by atoms with Crippen LogP contribution in [0.25, 0.3) is 0 Å². The Kier molecular flexibility index (Phi) is 3.90. The molecule has 3 rings (SSSR count). The summed E-state index contributed by atoms with van der Waals surface area (Å²) in [6.45, 7) is 0.879. The summed E-state index contributed by atoms with van der Waals surface area (Å²) in [5, 5.41) is 0. The lowest BCUT2D eigenvalue weighted by Crippen LogP contribution is -2.49. The van der Waals surface area contributed by atoms with Crippen LogP contribution in [0.3, 0.4) is 0 Å². The highest BCUT2D eigenvalue weighted by Crippen LogP contribution is 2.24. The molecule has 0 aliphatic carbocycles. The van der Waals surface area contributed by atoms with E-state index in [9.17, 15) is 18.0 Å². The van der Waals surface area contributed by atoms with Gasteiger partial charge in [-0.2, -0.15) is 0 Å². The summed E-state index contributed by atoms with van der Waals surface area (Å²) in [5.74, 6) is -1.13. The molecule has 1 saturated heterocycles. The highest BCUT2D eigenvalue weighted by atomic mass is 32.2. The molecule has 2 amide bonds. The van der Waals surface area contributed by atoms with E-state index in [0.717, 1.165) is 23.6 Å². The number of carbonyl (C=O) groups excluding carboxylic acids is 2. The summed E-state index contributed by atoms with van der Waals surface area (Å²) >= 11 is 0. The van der Waals surface area contributed by atoms with Crippen LogP contribution >= 0.6 is 0 Å². The molecule has 2 heterocycles. The Bertz CT molecular complexity index is 708. The Morgan fingerprint density at radius 1 is 1.09 bits per heavy atom. The first-order valence-electron chi connectivity index (χ1n) is 7.39. The Labute approximate surface area is 129 Å². The number of fused-ring (bicyclic) bond motifs is 1. The predicted octanol–water partition coefficient (Wildman–Crippen LogP) is 0.985. The molecule has 0 aromatic heterocycles. The molecule has 118 valence electrons. The van der Waals surface area contributed by atoms with Gasteiger partial charge < -0.3 is 4.90 Å². The Morgan fingerprint density at radius 3 is 2.50 bits per heavy atom. The highest BCUT2D eigenvalue weighted by molar-refractivity contribution is 7.89. The monoisotopic (exact) mass is 322 g/mol. The second-order valence-corrected chi connectivity index (χ2v) is 7.56. The van der Waals surface area contributed by atoms with Gasteiger partial charge >= 0.3 is 0 Å². The molecule has 2 aliphatic heterocycles. The van der Waals surface area contributed by atoms with E-state index in [1.54, 1.807) is 29.2 Å². The summed E-state index contributed by atoms with van der Waals surface area (Å²) in [7, 11) is -3.78. The number of sulfonamides is 1. The van der Waals surface area contributed by atoms with Crippen molar-refractivity contribution in [2.45, 2.75) is 25.0 Å². The van der Waals surface area contributed by atoms with Crippen LogP contribution in [-0.2, 0) is 20.6 Å². The van der Waals surface area contributed by atoms with Crippen LogP contribution in [0.5, 0.6) is 0 Å². The maximum Gasteiger partial charge on any atom is 0.268 e. The number of nitrogens with zero attached hydrogens (tertiary/aromatic N) is 2. The molecular weight excluding hydrogens is 304 g/mol. The first kappa shape index (κ1) is 15.0. The summed E-state index contributed by atoms with van der Waals surface area (Å²) in [6, 6.07) is 6.63. The van der Waals surface area contributed by atoms with Crippen LogP contribution in [0.1, 0.15) is 35.2 Å². The van der Waals surface area contributed by atoms with Crippen molar-refractivity contribution in [2.24, 2.45) is 0 Å². The van der Waals surface area contributed by atoms with Gasteiger partial charge in [-0.25, -0.2) is 12.7 Å². The lowest BCUT2D eigenvalue weighted by molar-refractivity contribution is -0.132. The maximum atomic E-state index is 12.4. The summed E-state index contributed by atoms with van der Waals surface area (Å²) < 4.78 is 25.3. The van der Waals surface area contributed by atoms with E-state index in [2.05, 4.69) is 0 Å². The van der Waals surface area contributed by atoms with E-state index in [0.29, 0.717) is 24.2 Å². The van der Waals surface area contributed by atoms with Crippen LogP contribution in [0.2, 0.25) is 0 Å². The van der Waals surface area contributed by atoms with E-state index in [1.165, 1.54) is 0 Å². The zero-order valence-electron chi connectivity index (χ0n) is 12.2. The standard InChI is InChI=1S/C15H18N2O4S/c18-14(16-8-4-1-5-9-16)10-17-15(19)13-7-3-2-6-12(13)11-22(17,20)21/h2-3,6-7H,1,4-5,8-11H2. The predicted molar refractivity (Wildman–Crippen MR) is 80.5 cm³/mol. The summed E-state index contributed by atoms with van der Waals surface area (Å²) in [5.41, 5.74) is 0.859. The van der Waals surface area contributed by atoms with Gasteiger partial charge in [0.2, 0.25) is 15.9 Å². The maximum absolute atomic E-state index is 12.4. The van der Waals surface area contributed by atoms with Crippen molar-refractivity contribution in [3.63, 3.8) is 0 Å². The molecule has 7 heteroatoms. The van der Waals surface area contributed by atoms with Crippen LogP contribution in [0.15, 0.2) is 24.3 Å². The Balaban J connectivity index is 1.83. The molecule has 0 radical (unpaired) electrons. The van der Waals surface area contributed by atoms with Gasteiger partial charge in [0.15, 0.2) is 0 Å². The summed E-state index contributed by atoms with van der Waals surface area (Å²) in [4.78, 5) is 26.4. The third-order valence-electron chi connectivity index (χ3n) is 4.14. The zero-order valence-corrected chi connectivity index (χ0v) is 13.0. The summed E-state index contributed by atoms with van der Waals surface area (Å²) in [6.07, 6.45) is 2.93. The fourth-order valence-corrected chi connectivity index (χ4v) is 4.38. The van der Waals surface area contributed by atoms with Crippen molar-refractivity contribution in [3.05, 3.63) is 35.4 Å². The van der Waals surface area contributed by atoms with E-state index < -0.39 is 22.5 Å². The smallest absolute Gasteiger partial charge is 0.268 e. The largest absolute Gasteiger partial charge is 0.341 e. The third kappa shape index (κ3) is 2.72. The van der Waals surface area contributed by atoms with Crippen LogP contribution in [0, 0.1) is 0 Å². The van der Waals surface area contributed by atoms with Gasteiger partial charge in [0.1, 0.15) is 6.54 Å². The fourth-order valence-electron chi connectivity index (χ4n) is 2.93. The lowest BCUT2D eigenvalue weighted by atomic mass is 10.1. The van der Waals surface area contributed by atoms with Crippen molar-refractivity contribution < 1.29 is 18.0 Å². The van der Waals surface area contributed by atoms with Gasteiger partial charge in [0.05, 0.1) is 5.75 Å². The number of hydrogen-bond acceptors (Lipinski definition) is 4. The third-order valence-corrected chi connectivity index (χ3v) is 5.78. The van der Waals surface area contributed by atoms with Gasteiger partial charge in [-0.3, -0.25) is 9.59 Å². The quantitative estimate of drug-likeness (QED) is 0.813. The topological polar surface area (TPSA) is 74.8 Å². The molecule has 0 N–H and O–H groups in total. The SMILES string of the molecule is O=C(CN1C(=O)c2ccccc2CS1(=O)=O)N1CCCCC1. The van der Waals surface area contributed by atoms with Crippen molar-refractivity contribution >= 4 is 21.8 Å². The molecule has 0 saturated carbocycles. The van der Waals surface area contributed by atoms with Crippen LogP contribution in [-0.4, -0.2) is 49.1 Å². The highest BCUT2D eigenvalue weighted by Gasteiger charge is 2.37. The van der Waals surface area contributed by atoms with Crippen molar-refractivity contribution in [1.82, 2.24) is 9.21 Å². The minimum Gasteiger partial charge on any atom is -0.341 e. The number of rotatable bonds is 2. The number of likely N-dealkylation sites (tertiary alicyclic amines) is 1. The van der Waals surface area contributed by atoms with Crippen molar-refractivity contribution in [3.8, 4) is 0 Å². The number of amides is 2. The molecule has 1 aromatic rings. The molecule has 22 heavy (non-hydrogen) atoms. The van der Waals surface area contributed by atoms with Crippen LogP contribution in [0.4, 0.5) is 0 Å². The van der Waals surface area contributed by atoms with E-state index in [1.807, 2.05) is 0 Å². The molecule has 1 aromatic carbocycles. The van der Waals surface area contributed by atoms with Gasteiger partial charge in [-0.05, 0) is 30.9 Å². The minimum atomic E-state index is -3.78. The normalized spacial score (nSPS) is 20.6. The lowest BCUT2D eigenvalue weighted by Gasteiger charge is -2.31. The molecule has 0 spiro atoms. The molecular formula is C15H18N2O4S.